The van der Waals surface area contributed by atoms with E-state index in [2.05, 4.69) is 21.2 Å². The third-order valence-corrected chi connectivity index (χ3v) is 4.13. The number of hydrogen-bond acceptors (Lipinski definition) is 1. The van der Waals surface area contributed by atoms with Crippen LogP contribution < -0.4 is 5.32 Å². The molecule has 1 fully saturated rings. The van der Waals surface area contributed by atoms with Gasteiger partial charge in [-0.1, -0.05) is 27.5 Å². The van der Waals surface area contributed by atoms with Gasteiger partial charge in [-0.2, -0.15) is 13.2 Å². The van der Waals surface area contributed by atoms with Gasteiger partial charge < -0.3 is 10.2 Å². The molecular formula is C13H11BrClF5N2O. The zero-order valence-electron chi connectivity index (χ0n) is 11.5. The Morgan fingerprint density at radius 2 is 1.83 bits per heavy atom. The lowest BCUT2D eigenvalue weighted by Gasteiger charge is -2.32. The van der Waals surface area contributed by atoms with Crippen LogP contribution in [0.25, 0.3) is 0 Å². The van der Waals surface area contributed by atoms with Crippen molar-refractivity contribution in [1.29, 1.82) is 0 Å². The van der Waals surface area contributed by atoms with Gasteiger partial charge in [-0.25, -0.2) is 13.6 Å². The number of amides is 2. The van der Waals surface area contributed by atoms with Crippen LogP contribution in [0.1, 0.15) is 18.4 Å². The van der Waals surface area contributed by atoms with Crippen molar-refractivity contribution in [2.24, 2.45) is 0 Å². The second-order valence-electron chi connectivity index (χ2n) is 5.08. The Labute approximate surface area is 141 Å². The minimum absolute atomic E-state index is 0.102. The average molecular weight is 422 g/mol. The summed E-state index contributed by atoms with van der Waals surface area (Å²) in [6, 6.07) is 1.10. The molecule has 0 saturated carbocycles. The molecular weight excluding hydrogens is 411 g/mol. The molecule has 0 radical (unpaired) electrons. The van der Waals surface area contributed by atoms with Gasteiger partial charge in [0.15, 0.2) is 0 Å². The zero-order chi connectivity index (χ0) is 17.4. The maximum absolute atomic E-state index is 13.1. The lowest BCUT2D eigenvalue weighted by atomic mass is 10.1. The fraction of sp³-hybridized carbons (Fsp3) is 0.462. The number of hydrogen-bond donors (Lipinski definition) is 1. The van der Waals surface area contributed by atoms with E-state index >= 15 is 0 Å². The standard InChI is InChI=1S/C13H11BrClF5N2O/c14-7-5-8(13(18,19)20)10(9(15)6-7)21-11(23)22-3-1-12(16,17)2-4-22/h5-6H,1-4H2,(H,21,23). The van der Waals surface area contributed by atoms with Gasteiger partial charge in [0.25, 0.3) is 5.92 Å². The first-order valence-electron chi connectivity index (χ1n) is 6.49. The summed E-state index contributed by atoms with van der Waals surface area (Å²) < 4.78 is 65.4. The lowest BCUT2D eigenvalue weighted by molar-refractivity contribution is -0.137. The first-order valence-corrected chi connectivity index (χ1v) is 7.67. The molecule has 10 heteroatoms. The van der Waals surface area contributed by atoms with E-state index in [1.165, 1.54) is 6.07 Å². The number of halogens is 7. The van der Waals surface area contributed by atoms with Gasteiger partial charge in [0, 0.05) is 30.4 Å². The third-order valence-electron chi connectivity index (χ3n) is 3.37. The predicted octanol–water partition coefficient (Wildman–Crippen LogP) is 5.38. The summed E-state index contributed by atoms with van der Waals surface area (Å²) >= 11 is 8.69. The first kappa shape index (κ1) is 18.3. The summed E-state index contributed by atoms with van der Waals surface area (Å²) in [6.45, 7) is -0.483. The molecule has 23 heavy (non-hydrogen) atoms. The Hall–Kier alpha value is -1.09. The van der Waals surface area contributed by atoms with E-state index in [1.807, 2.05) is 0 Å². The molecule has 128 valence electrons. The lowest BCUT2D eigenvalue weighted by Crippen LogP contribution is -2.44. The van der Waals surface area contributed by atoms with Crippen LogP contribution in [0.2, 0.25) is 5.02 Å². The minimum atomic E-state index is -4.73. The van der Waals surface area contributed by atoms with Crippen molar-refractivity contribution >= 4 is 39.2 Å². The molecule has 1 aromatic rings. The van der Waals surface area contributed by atoms with E-state index < -0.39 is 42.2 Å². The molecule has 1 saturated heterocycles. The summed E-state index contributed by atoms with van der Waals surface area (Å²) in [6.07, 6.45) is -5.79. The number of alkyl halides is 5. The number of rotatable bonds is 1. The highest BCUT2D eigenvalue weighted by Crippen LogP contribution is 2.41. The molecule has 0 spiro atoms. The number of anilines is 1. The van der Waals surface area contributed by atoms with Crippen molar-refractivity contribution < 1.29 is 26.7 Å². The number of nitrogens with one attached hydrogen (secondary N) is 1. The molecule has 0 bridgehead atoms. The topological polar surface area (TPSA) is 32.3 Å². The molecule has 2 rings (SSSR count). The van der Waals surface area contributed by atoms with E-state index in [0.29, 0.717) is 0 Å². The van der Waals surface area contributed by atoms with Crippen LogP contribution in [0.15, 0.2) is 16.6 Å². The van der Waals surface area contributed by atoms with Crippen LogP contribution >= 0.6 is 27.5 Å². The first-order chi connectivity index (χ1) is 10.5. The fourth-order valence-corrected chi connectivity index (χ4v) is 3.00. The van der Waals surface area contributed by atoms with Crippen LogP contribution in [0.5, 0.6) is 0 Å². The minimum Gasteiger partial charge on any atom is -0.324 e. The molecule has 2 amide bonds. The Morgan fingerprint density at radius 3 is 2.35 bits per heavy atom. The van der Waals surface area contributed by atoms with Crippen LogP contribution in [-0.2, 0) is 6.18 Å². The van der Waals surface area contributed by atoms with Gasteiger partial charge in [0.1, 0.15) is 0 Å². The van der Waals surface area contributed by atoms with Gasteiger partial charge in [-0.15, -0.1) is 0 Å². The second-order valence-corrected chi connectivity index (χ2v) is 6.40. The van der Waals surface area contributed by atoms with Crippen molar-refractivity contribution in [3.05, 3.63) is 27.2 Å². The molecule has 0 aliphatic carbocycles. The third kappa shape index (κ3) is 4.47. The molecule has 0 aromatic heterocycles. The highest BCUT2D eigenvalue weighted by molar-refractivity contribution is 9.10. The normalized spacial score (nSPS) is 18.0. The van der Waals surface area contributed by atoms with Crippen molar-refractivity contribution in [3.8, 4) is 0 Å². The highest BCUT2D eigenvalue weighted by atomic mass is 79.9. The Kier molecular flexibility index (Phi) is 5.10. The largest absolute Gasteiger partial charge is 0.418 e. The number of nitrogens with zero attached hydrogens (tertiary/aromatic N) is 1. The van der Waals surface area contributed by atoms with Crippen LogP contribution in [0, 0.1) is 0 Å². The quantitative estimate of drug-likeness (QED) is 0.606. The Bertz CT molecular complexity index is 613. The number of carbonyl (C=O) groups excluding carboxylic acids is 1. The predicted molar refractivity (Wildman–Crippen MR) is 78.9 cm³/mol. The summed E-state index contributed by atoms with van der Waals surface area (Å²) in [7, 11) is 0. The van der Waals surface area contributed by atoms with E-state index in [-0.39, 0.29) is 22.6 Å². The average Bonchev–Trinajstić information content (AvgIpc) is 2.40. The van der Waals surface area contributed by atoms with E-state index in [0.717, 1.165) is 11.0 Å². The van der Waals surface area contributed by atoms with Crippen LogP contribution in [-0.4, -0.2) is 29.9 Å². The Balaban J connectivity index is 2.22. The molecule has 0 unspecified atom stereocenters. The monoisotopic (exact) mass is 420 g/mol. The van der Waals surface area contributed by atoms with Crippen molar-refractivity contribution in [1.82, 2.24) is 4.90 Å². The molecule has 0 atom stereocenters. The summed E-state index contributed by atoms with van der Waals surface area (Å²) in [5.41, 5.74) is -1.71. The van der Waals surface area contributed by atoms with E-state index in [4.69, 9.17) is 11.6 Å². The molecule has 1 aliphatic heterocycles. The summed E-state index contributed by atoms with van der Waals surface area (Å²) in [4.78, 5) is 13.1. The molecule has 1 heterocycles. The van der Waals surface area contributed by atoms with Gasteiger partial charge in [0.05, 0.1) is 16.3 Å². The van der Waals surface area contributed by atoms with Gasteiger partial charge in [0.2, 0.25) is 0 Å². The molecule has 1 aliphatic rings. The maximum Gasteiger partial charge on any atom is 0.418 e. The van der Waals surface area contributed by atoms with Crippen molar-refractivity contribution in [3.63, 3.8) is 0 Å². The van der Waals surface area contributed by atoms with Crippen LogP contribution in [0.3, 0.4) is 0 Å². The smallest absolute Gasteiger partial charge is 0.324 e. The number of piperidine rings is 1. The van der Waals surface area contributed by atoms with Crippen molar-refractivity contribution in [2.45, 2.75) is 24.9 Å². The molecule has 1 N–H and O–H groups in total. The molecule has 3 nitrogen and oxygen atoms in total. The van der Waals surface area contributed by atoms with E-state index in [9.17, 15) is 26.7 Å². The SMILES string of the molecule is O=C(Nc1c(Cl)cc(Br)cc1C(F)(F)F)N1CCC(F)(F)CC1. The van der Waals surface area contributed by atoms with E-state index in [1.54, 1.807) is 0 Å². The summed E-state index contributed by atoms with van der Waals surface area (Å²) in [5.74, 6) is -2.86. The second kappa shape index (κ2) is 6.43. The van der Waals surface area contributed by atoms with Gasteiger partial charge >= 0.3 is 12.2 Å². The van der Waals surface area contributed by atoms with Crippen LogP contribution in [0.4, 0.5) is 32.4 Å². The highest BCUT2D eigenvalue weighted by Gasteiger charge is 2.38. The number of carbonyl (C=O) groups is 1. The van der Waals surface area contributed by atoms with Gasteiger partial charge in [-0.3, -0.25) is 0 Å². The number of likely N-dealkylation sites (tertiary alicyclic amines) is 1. The van der Waals surface area contributed by atoms with Gasteiger partial charge in [-0.05, 0) is 12.1 Å². The fourth-order valence-electron chi connectivity index (χ4n) is 2.15. The number of benzene rings is 1. The van der Waals surface area contributed by atoms with Crippen molar-refractivity contribution in [2.75, 3.05) is 18.4 Å². The Morgan fingerprint density at radius 1 is 1.26 bits per heavy atom. The molecule has 1 aromatic carbocycles. The zero-order valence-corrected chi connectivity index (χ0v) is 13.8. The maximum atomic E-state index is 13.1. The summed E-state index contributed by atoms with van der Waals surface area (Å²) in [5, 5.41) is 1.78. The number of urea groups is 1.